The van der Waals surface area contributed by atoms with E-state index in [4.69, 9.17) is 9.47 Å². The maximum atomic E-state index is 11.9. The van der Waals surface area contributed by atoms with Crippen molar-refractivity contribution in [2.75, 3.05) is 13.2 Å². The lowest BCUT2D eigenvalue weighted by Gasteiger charge is -2.18. The molecule has 0 bridgehead atoms. The Morgan fingerprint density at radius 2 is 1.87 bits per heavy atom. The fourth-order valence-corrected chi connectivity index (χ4v) is 3.68. The molecule has 0 unspecified atom stereocenters. The van der Waals surface area contributed by atoms with Gasteiger partial charge in [0.05, 0.1) is 19.5 Å². The zero-order chi connectivity index (χ0) is 21.8. The number of hydrogen-bond acceptors (Lipinski definition) is 4. The van der Waals surface area contributed by atoms with Gasteiger partial charge in [0.2, 0.25) is 0 Å². The highest BCUT2D eigenvalue weighted by Gasteiger charge is 2.23. The Morgan fingerprint density at radius 3 is 2.58 bits per heavy atom. The van der Waals surface area contributed by atoms with Crippen molar-refractivity contribution in [2.24, 2.45) is 0 Å². The molecular formula is C25H23NO5. The minimum absolute atomic E-state index is 0.109. The fourth-order valence-electron chi connectivity index (χ4n) is 3.68. The van der Waals surface area contributed by atoms with E-state index < -0.39 is 5.97 Å². The third-order valence-electron chi connectivity index (χ3n) is 5.15. The van der Waals surface area contributed by atoms with Crippen LogP contribution in [0.1, 0.15) is 16.7 Å². The topological polar surface area (TPSA) is 76.1 Å². The number of carbonyl (C=O) groups is 2. The van der Waals surface area contributed by atoms with Gasteiger partial charge in [-0.25, -0.2) is 4.79 Å². The molecule has 1 saturated heterocycles. The summed E-state index contributed by atoms with van der Waals surface area (Å²) < 4.78 is 11.2. The average Bonchev–Trinajstić information content (AvgIpc) is 3.15. The number of ether oxygens (including phenoxy) is 2. The van der Waals surface area contributed by atoms with Gasteiger partial charge in [-0.05, 0) is 41.8 Å². The molecular weight excluding hydrogens is 394 g/mol. The molecule has 0 atom stereocenters. The number of cyclic esters (lactones) is 1. The molecule has 4 rings (SSSR count). The summed E-state index contributed by atoms with van der Waals surface area (Å²) in [5.74, 6) is 0.266. The van der Waals surface area contributed by atoms with Crippen molar-refractivity contribution < 1.29 is 24.2 Å². The summed E-state index contributed by atoms with van der Waals surface area (Å²) >= 11 is 0. The summed E-state index contributed by atoms with van der Waals surface area (Å²) in [5, 5.41) is 9.39. The Morgan fingerprint density at radius 1 is 1.06 bits per heavy atom. The van der Waals surface area contributed by atoms with E-state index >= 15 is 0 Å². The standard InChI is InChI=1S/C25H23NO5/c1-17-7-10-23(20(13-17)16-26-11-12-30-25(26)29)31-21-8-9-22(18-5-3-2-4-6-18)19(14-21)15-24(27)28/h2-10,13-14H,11-12,15-16H2,1H3,(H,27,28). The second-order valence-corrected chi connectivity index (χ2v) is 7.50. The number of rotatable bonds is 7. The number of carboxylic acid groups (broad SMARTS) is 1. The number of amides is 1. The summed E-state index contributed by atoms with van der Waals surface area (Å²) in [4.78, 5) is 24.9. The first kappa shape index (κ1) is 20.5. The average molecular weight is 417 g/mol. The summed E-state index contributed by atoms with van der Waals surface area (Å²) in [7, 11) is 0. The van der Waals surface area contributed by atoms with Crippen molar-refractivity contribution in [2.45, 2.75) is 19.9 Å². The van der Waals surface area contributed by atoms with Crippen molar-refractivity contribution in [1.29, 1.82) is 0 Å². The minimum atomic E-state index is -0.905. The van der Waals surface area contributed by atoms with Gasteiger partial charge in [0.1, 0.15) is 18.1 Å². The lowest BCUT2D eigenvalue weighted by Crippen LogP contribution is -2.23. The van der Waals surface area contributed by atoms with E-state index in [0.29, 0.717) is 36.8 Å². The minimum Gasteiger partial charge on any atom is -0.481 e. The van der Waals surface area contributed by atoms with Crippen LogP contribution >= 0.6 is 0 Å². The van der Waals surface area contributed by atoms with Crippen LogP contribution in [-0.4, -0.2) is 35.2 Å². The molecule has 1 fully saturated rings. The summed E-state index contributed by atoms with van der Waals surface area (Å²) in [6.07, 6.45) is -0.439. The highest BCUT2D eigenvalue weighted by molar-refractivity contribution is 5.77. The van der Waals surface area contributed by atoms with Crippen LogP contribution in [0.25, 0.3) is 11.1 Å². The van der Waals surface area contributed by atoms with E-state index in [1.165, 1.54) is 0 Å². The first-order valence-electron chi connectivity index (χ1n) is 10.1. The number of aryl methyl sites for hydroxylation is 1. The molecule has 1 amide bonds. The zero-order valence-electron chi connectivity index (χ0n) is 17.2. The van der Waals surface area contributed by atoms with Crippen LogP contribution in [0.4, 0.5) is 4.79 Å². The van der Waals surface area contributed by atoms with Crippen LogP contribution in [0.2, 0.25) is 0 Å². The number of aliphatic carboxylic acids is 1. The molecule has 6 nitrogen and oxygen atoms in total. The molecule has 0 saturated carbocycles. The number of benzene rings is 3. The molecule has 6 heteroatoms. The van der Waals surface area contributed by atoms with E-state index in [1.807, 2.05) is 67.6 Å². The van der Waals surface area contributed by atoms with E-state index in [9.17, 15) is 14.7 Å². The Kier molecular flexibility index (Phi) is 5.89. The van der Waals surface area contributed by atoms with Crippen LogP contribution < -0.4 is 4.74 Å². The Hall–Kier alpha value is -3.80. The molecule has 1 heterocycles. The lowest BCUT2D eigenvalue weighted by atomic mass is 9.97. The summed E-state index contributed by atoms with van der Waals surface area (Å²) in [5.41, 5.74) is 4.41. The van der Waals surface area contributed by atoms with Gasteiger partial charge in [-0.3, -0.25) is 4.79 Å². The predicted molar refractivity (Wildman–Crippen MR) is 116 cm³/mol. The van der Waals surface area contributed by atoms with Gasteiger partial charge in [-0.2, -0.15) is 0 Å². The maximum Gasteiger partial charge on any atom is 0.410 e. The van der Waals surface area contributed by atoms with Gasteiger partial charge in [-0.1, -0.05) is 54.1 Å². The third kappa shape index (κ3) is 4.86. The van der Waals surface area contributed by atoms with E-state index in [-0.39, 0.29) is 12.5 Å². The van der Waals surface area contributed by atoms with Gasteiger partial charge in [0, 0.05) is 5.56 Å². The largest absolute Gasteiger partial charge is 0.481 e. The molecule has 0 spiro atoms. The van der Waals surface area contributed by atoms with Crippen LogP contribution in [0.15, 0.2) is 66.7 Å². The number of carboxylic acids is 1. The van der Waals surface area contributed by atoms with Gasteiger partial charge in [0.15, 0.2) is 0 Å². The fraction of sp³-hybridized carbons (Fsp3) is 0.200. The number of carbonyl (C=O) groups excluding carboxylic acids is 1. The lowest BCUT2D eigenvalue weighted by molar-refractivity contribution is -0.136. The Bertz CT molecular complexity index is 1110. The monoisotopic (exact) mass is 417 g/mol. The molecule has 1 aliphatic rings. The zero-order valence-corrected chi connectivity index (χ0v) is 17.2. The second-order valence-electron chi connectivity index (χ2n) is 7.50. The quantitative estimate of drug-likeness (QED) is 0.583. The second kappa shape index (κ2) is 8.92. The molecule has 1 N–H and O–H groups in total. The molecule has 3 aromatic carbocycles. The van der Waals surface area contributed by atoms with Crippen molar-refractivity contribution in [3.05, 3.63) is 83.4 Å². The SMILES string of the molecule is Cc1ccc(Oc2ccc(-c3ccccc3)c(CC(=O)O)c2)c(CN2CCOC2=O)c1. The van der Waals surface area contributed by atoms with Crippen LogP contribution in [0.3, 0.4) is 0 Å². The highest BCUT2D eigenvalue weighted by Crippen LogP contribution is 2.32. The van der Waals surface area contributed by atoms with E-state index in [0.717, 1.165) is 22.3 Å². The number of nitrogens with zero attached hydrogens (tertiary/aromatic N) is 1. The van der Waals surface area contributed by atoms with Gasteiger partial charge < -0.3 is 19.5 Å². The molecule has 158 valence electrons. The van der Waals surface area contributed by atoms with Gasteiger partial charge in [0.25, 0.3) is 0 Å². The van der Waals surface area contributed by atoms with Crippen LogP contribution in [0.5, 0.6) is 11.5 Å². The normalized spacial score (nSPS) is 13.2. The Balaban J connectivity index is 1.65. The van der Waals surface area contributed by atoms with Crippen molar-refractivity contribution in [1.82, 2.24) is 4.90 Å². The summed E-state index contributed by atoms with van der Waals surface area (Å²) in [6.45, 7) is 3.30. The van der Waals surface area contributed by atoms with Crippen LogP contribution in [0, 0.1) is 6.92 Å². The Labute approximate surface area is 180 Å². The molecule has 0 radical (unpaired) electrons. The smallest absolute Gasteiger partial charge is 0.410 e. The molecule has 1 aliphatic heterocycles. The number of hydrogen-bond donors (Lipinski definition) is 1. The molecule has 3 aromatic rings. The predicted octanol–water partition coefficient (Wildman–Crippen LogP) is 5.03. The van der Waals surface area contributed by atoms with E-state index in [1.54, 1.807) is 11.0 Å². The first-order valence-corrected chi connectivity index (χ1v) is 10.1. The first-order chi connectivity index (χ1) is 15.0. The van der Waals surface area contributed by atoms with Crippen LogP contribution in [-0.2, 0) is 22.5 Å². The molecule has 0 aromatic heterocycles. The highest BCUT2D eigenvalue weighted by atomic mass is 16.6. The van der Waals surface area contributed by atoms with Crippen molar-refractivity contribution >= 4 is 12.1 Å². The van der Waals surface area contributed by atoms with Gasteiger partial charge in [-0.15, -0.1) is 0 Å². The maximum absolute atomic E-state index is 11.9. The molecule has 31 heavy (non-hydrogen) atoms. The summed E-state index contributed by atoms with van der Waals surface area (Å²) in [6, 6.07) is 21.0. The third-order valence-corrected chi connectivity index (χ3v) is 5.15. The molecule has 0 aliphatic carbocycles. The van der Waals surface area contributed by atoms with E-state index in [2.05, 4.69) is 0 Å². The van der Waals surface area contributed by atoms with Gasteiger partial charge >= 0.3 is 12.1 Å². The van der Waals surface area contributed by atoms with Crippen molar-refractivity contribution in [3.63, 3.8) is 0 Å². The van der Waals surface area contributed by atoms with Crippen molar-refractivity contribution in [3.8, 4) is 22.6 Å².